The van der Waals surface area contributed by atoms with Gasteiger partial charge in [-0.25, -0.2) is 0 Å². The van der Waals surface area contributed by atoms with Crippen LogP contribution in [0.15, 0.2) is 24.3 Å². The van der Waals surface area contributed by atoms with Crippen LogP contribution in [0.25, 0.3) is 0 Å². The number of fused-ring (bicyclic) bond motifs is 2. The number of amides is 1. The van der Waals surface area contributed by atoms with Gasteiger partial charge in [0.05, 0.1) is 10.7 Å². The lowest BCUT2D eigenvalue weighted by atomic mass is 9.86. The molecule has 0 saturated heterocycles. The van der Waals surface area contributed by atoms with Crippen LogP contribution in [-0.2, 0) is 14.3 Å². The Kier molecular flexibility index (Phi) is 4.67. The summed E-state index contributed by atoms with van der Waals surface area (Å²) in [5.74, 6) is 1.32. The van der Waals surface area contributed by atoms with E-state index in [1.807, 2.05) is 0 Å². The molecule has 2 fully saturated rings. The third-order valence-corrected chi connectivity index (χ3v) is 5.16. The maximum absolute atomic E-state index is 11.9. The number of anilines is 1. The highest BCUT2D eigenvalue weighted by molar-refractivity contribution is 6.33. The van der Waals surface area contributed by atoms with Gasteiger partial charge in [0.15, 0.2) is 6.61 Å². The molecule has 1 aromatic carbocycles. The zero-order valence-electron chi connectivity index (χ0n) is 12.4. The van der Waals surface area contributed by atoms with Crippen LogP contribution >= 0.6 is 11.6 Å². The van der Waals surface area contributed by atoms with Gasteiger partial charge in [0, 0.05) is 6.42 Å². The molecule has 118 valence electrons. The quantitative estimate of drug-likeness (QED) is 0.842. The monoisotopic (exact) mass is 321 g/mol. The average Bonchev–Trinajstić information content (AvgIpc) is 3.10. The molecule has 2 bridgehead atoms. The third kappa shape index (κ3) is 3.61. The molecular weight excluding hydrogens is 302 g/mol. The zero-order valence-corrected chi connectivity index (χ0v) is 13.1. The first kappa shape index (κ1) is 15.3. The number of esters is 1. The molecule has 0 spiro atoms. The normalized spacial score (nSPS) is 26.0. The Labute approximate surface area is 135 Å². The lowest BCUT2D eigenvalue weighted by Gasteiger charge is -2.20. The first-order chi connectivity index (χ1) is 10.6. The van der Waals surface area contributed by atoms with Crippen LogP contribution in [0.3, 0.4) is 0 Å². The van der Waals surface area contributed by atoms with Crippen molar-refractivity contribution in [3.63, 3.8) is 0 Å². The van der Waals surface area contributed by atoms with Gasteiger partial charge < -0.3 is 10.1 Å². The number of nitrogens with one attached hydrogen (secondary N) is 1. The predicted octanol–water partition coefficient (Wildman–Crippen LogP) is 3.65. The molecular formula is C17H20ClNO3. The van der Waals surface area contributed by atoms with Gasteiger partial charge in [-0.2, -0.15) is 0 Å². The van der Waals surface area contributed by atoms with E-state index < -0.39 is 0 Å². The van der Waals surface area contributed by atoms with Gasteiger partial charge in [0.25, 0.3) is 5.91 Å². The molecule has 0 heterocycles. The fourth-order valence-electron chi connectivity index (χ4n) is 3.79. The molecule has 2 aliphatic carbocycles. The van der Waals surface area contributed by atoms with Gasteiger partial charge in [-0.1, -0.05) is 30.2 Å². The zero-order chi connectivity index (χ0) is 15.5. The van der Waals surface area contributed by atoms with Crippen LogP contribution in [0.5, 0.6) is 0 Å². The number of rotatable bonds is 5. The largest absolute Gasteiger partial charge is 0.456 e. The van der Waals surface area contributed by atoms with Crippen molar-refractivity contribution >= 4 is 29.2 Å². The number of para-hydroxylation sites is 1. The lowest BCUT2D eigenvalue weighted by Crippen LogP contribution is -2.23. The van der Waals surface area contributed by atoms with E-state index in [-0.39, 0.29) is 18.5 Å². The Morgan fingerprint density at radius 1 is 1.23 bits per heavy atom. The van der Waals surface area contributed by atoms with E-state index in [1.54, 1.807) is 24.3 Å². The Morgan fingerprint density at radius 2 is 2.05 bits per heavy atom. The van der Waals surface area contributed by atoms with Crippen LogP contribution in [0.2, 0.25) is 5.02 Å². The second kappa shape index (κ2) is 6.69. The minimum absolute atomic E-state index is 0.259. The molecule has 5 heteroatoms. The number of carbonyl (C=O) groups is 2. The summed E-state index contributed by atoms with van der Waals surface area (Å²) in [7, 11) is 0. The topological polar surface area (TPSA) is 55.4 Å². The highest BCUT2D eigenvalue weighted by Crippen LogP contribution is 2.49. The molecule has 0 aromatic heterocycles. The minimum Gasteiger partial charge on any atom is -0.456 e. The van der Waals surface area contributed by atoms with Gasteiger partial charge in [0.1, 0.15) is 0 Å². The van der Waals surface area contributed by atoms with Crippen molar-refractivity contribution in [3.05, 3.63) is 29.3 Å². The molecule has 1 N–H and O–H groups in total. The van der Waals surface area contributed by atoms with E-state index in [0.717, 1.165) is 12.3 Å². The van der Waals surface area contributed by atoms with Gasteiger partial charge >= 0.3 is 5.97 Å². The molecule has 2 aliphatic rings. The summed E-state index contributed by atoms with van der Waals surface area (Å²) in [5, 5.41) is 3.10. The summed E-state index contributed by atoms with van der Waals surface area (Å²) in [6.07, 6.45) is 5.42. The Bertz CT molecular complexity index is 575. The van der Waals surface area contributed by atoms with Crippen LogP contribution in [0.4, 0.5) is 5.69 Å². The van der Waals surface area contributed by atoms with Gasteiger partial charge in [-0.15, -0.1) is 0 Å². The van der Waals surface area contributed by atoms with Gasteiger partial charge in [0.2, 0.25) is 0 Å². The number of hydrogen-bond donors (Lipinski definition) is 1. The summed E-state index contributed by atoms with van der Waals surface area (Å²) in [6.45, 7) is -0.259. The van der Waals surface area contributed by atoms with E-state index in [1.165, 1.54) is 19.3 Å². The molecule has 22 heavy (non-hydrogen) atoms. The molecule has 1 amide bonds. The van der Waals surface area contributed by atoms with Gasteiger partial charge in [-0.3, -0.25) is 9.59 Å². The fraction of sp³-hybridized carbons (Fsp3) is 0.529. The summed E-state index contributed by atoms with van der Waals surface area (Å²) in [4.78, 5) is 23.7. The van der Waals surface area contributed by atoms with Crippen molar-refractivity contribution < 1.29 is 14.3 Å². The van der Waals surface area contributed by atoms with E-state index in [2.05, 4.69) is 5.32 Å². The number of hydrogen-bond acceptors (Lipinski definition) is 3. The van der Waals surface area contributed by atoms with E-state index in [0.29, 0.717) is 29.0 Å². The smallest absolute Gasteiger partial charge is 0.306 e. The predicted molar refractivity (Wildman–Crippen MR) is 84.6 cm³/mol. The van der Waals surface area contributed by atoms with Crippen molar-refractivity contribution in [2.24, 2.45) is 17.8 Å². The average molecular weight is 322 g/mol. The highest BCUT2D eigenvalue weighted by Gasteiger charge is 2.40. The fourth-order valence-corrected chi connectivity index (χ4v) is 3.98. The number of benzene rings is 1. The highest BCUT2D eigenvalue weighted by atomic mass is 35.5. The SMILES string of the molecule is O=C(COC(=O)C[C@H]1C[C@H]2CC[C@H]1C2)Nc1ccccc1Cl. The summed E-state index contributed by atoms with van der Waals surface area (Å²) in [5.41, 5.74) is 0.526. The molecule has 1 aromatic rings. The van der Waals surface area contributed by atoms with Crippen LogP contribution in [0.1, 0.15) is 32.1 Å². The molecule has 0 unspecified atom stereocenters. The summed E-state index contributed by atoms with van der Waals surface area (Å²) in [6, 6.07) is 6.96. The Hall–Kier alpha value is -1.55. The molecule has 2 saturated carbocycles. The van der Waals surface area contributed by atoms with Crippen LogP contribution < -0.4 is 5.32 Å². The van der Waals surface area contributed by atoms with E-state index in [4.69, 9.17) is 16.3 Å². The second-order valence-corrected chi connectivity index (χ2v) is 6.73. The molecule has 0 aliphatic heterocycles. The number of ether oxygens (including phenoxy) is 1. The van der Waals surface area contributed by atoms with E-state index >= 15 is 0 Å². The molecule has 0 radical (unpaired) electrons. The minimum atomic E-state index is -0.366. The standard InChI is InChI=1S/C17H20ClNO3/c18-14-3-1-2-4-15(14)19-16(20)10-22-17(21)9-13-8-11-5-6-12(13)7-11/h1-4,11-13H,5-10H2,(H,19,20)/t11-,12-,13+/m0/s1. The summed E-state index contributed by atoms with van der Waals surface area (Å²) >= 11 is 5.96. The van der Waals surface area contributed by atoms with Crippen molar-refractivity contribution in [1.82, 2.24) is 0 Å². The van der Waals surface area contributed by atoms with Crippen molar-refractivity contribution in [2.75, 3.05) is 11.9 Å². The lowest BCUT2D eigenvalue weighted by molar-refractivity contribution is -0.148. The maximum Gasteiger partial charge on any atom is 0.306 e. The van der Waals surface area contributed by atoms with E-state index in [9.17, 15) is 9.59 Å². The second-order valence-electron chi connectivity index (χ2n) is 6.33. The molecule has 4 nitrogen and oxygen atoms in total. The van der Waals surface area contributed by atoms with Crippen molar-refractivity contribution in [1.29, 1.82) is 0 Å². The maximum atomic E-state index is 11.9. The van der Waals surface area contributed by atoms with Crippen molar-refractivity contribution in [3.8, 4) is 0 Å². The summed E-state index contributed by atoms with van der Waals surface area (Å²) < 4.78 is 5.09. The Morgan fingerprint density at radius 3 is 2.73 bits per heavy atom. The molecule has 3 atom stereocenters. The molecule has 3 rings (SSSR count). The first-order valence-electron chi connectivity index (χ1n) is 7.82. The third-order valence-electron chi connectivity index (χ3n) is 4.83. The number of halogens is 1. The Balaban J connectivity index is 1.41. The van der Waals surface area contributed by atoms with Crippen molar-refractivity contribution in [2.45, 2.75) is 32.1 Å². The van der Waals surface area contributed by atoms with Crippen LogP contribution in [0, 0.1) is 17.8 Å². The number of carbonyl (C=O) groups excluding carboxylic acids is 2. The van der Waals surface area contributed by atoms with Crippen LogP contribution in [-0.4, -0.2) is 18.5 Å². The van der Waals surface area contributed by atoms with Gasteiger partial charge in [-0.05, 0) is 49.1 Å². The first-order valence-corrected chi connectivity index (χ1v) is 8.19.